The van der Waals surface area contributed by atoms with Crippen LogP contribution in [0, 0.1) is 19.8 Å². The first kappa shape index (κ1) is 16.0. The zero-order chi connectivity index (χ0) is 16.6. The Labute approximate surface area is 137 Å². The van der Waals surface area contributed by atoms with Crippen LogP contribution in [-0.4, -0.2) is 42.4 Å². The molecule has 124 valence electrons. The van der Waals surface area contributed by atoms with Gasteiger partial charge >= 0.3 is 0 Å². The number of anilines is 1. The molecule has 0 saturated carbocycles. The number of nitrogens with zero attached hydrogens (tertiary/aromatic N) is 2. The van der Waals surface area contributed by atoms with Crippen LogP contribution in [0.2, 0.25) is 0 Å². The van der Waals surface area contributed by atoms with E-state index in [4.69, 9.17) is 5.73 Å². The fourth-order valence-electron chi connectivity index (χ4n) is 3.70. The maximum atomic E-state index is 12.7. The molecule has 3 rings (SSSR count). The number of piperidine rings is 1. The SMILES string of the molecule is Cc1cc(C)cc(N2CCC(C(=O)N3CCCC(N)C3)C2=O)c1. The number of nitrogens with two attached hydrogens (primary N) is 1. The Morgan fingerprint density at radius 2 is 1.83 bits per heavy atom. The quantitative estimate of drug-likeness (QED) is 0.843. The lowest BCUT2D eigenvalue weighted by molar-refractivity contribution is -0.140. The second kappa shape index (κ2) is 6.32. The third-order valence-electron chi connectivity index (χ3n) is 4.79. The maximum absolute atomic E-state index is 12.7. The van der Waals surface area contributed by atoms with E-state index < -0.39 is 5.92 Å². The highest BCUT2D eigenvalue weighted by Crippen LogP contribution is 2.28. The molecule has 0 aliphatic carbocycles. The number of carbonyl (C=O) groups excluding carboxylic acids is 2. The van der Waals surface area contributed by atoms with E-state index in [0.717, 1.165) is 36.2 Å². The maximum Gasteiger partial charge on any atom is 0.239 e. The predicted octanol–water partition coefficient (Wildman–Crippen LogP) is 1.61. The van der Waals surface area contributed by atoms with Gasteiger partial charge in [0.25, 0.3) is 0 Å². The Morgan fingerprint density at radius 3 is 2.48 bits per heavy atom. The number of amides is 2. The standard InChI is InChI=1S/C18H25N3O2/c1-12-8-13(2)10-15(9-12)21-7-5-16(18(21)23)17(22)20-6-3-4-14(19)11-20/h8-10,14,16H,3-7,11,19H2,1-2H3. The Bertz CT molecular complexity index is 608. The zero-order valence-corrected chi connectivity index (χ0v) is 13.9. The van der Waals surface area contributed by atoms with Crippen LogP contribution in [0.15, 0.2) is 18.2 Å². The summed E-state index contributed by atoms with van der Waals surface area (Å²) in [6.45, 7) is 5.95. The number of carbonyl (C=O) groups is 2. The smallest absolute Gasteiger partial charge is 0.239 e. The average Bonchev–Trinajstić information content (AvgIpc) is 2.87. The lowest BCUT2D eigenvalue weighted by Gasteiger charge is -2.32. The second-order valence-electron chi connectivity index (χ2n) is 6.86. The van der Waals surface area contributed by atoms with Crippen molar-refractivity contribution < 1.29 is 9.59 Å². The van der Waals surface area contributed by atoms with Crippen LogP contribution in [0.4, 0.5) is 5.69 Å². The Balaban J connectivity index is 1.74. The van der Waals surface area contributed by atoms with Gasteiger partial charge in [-0.25, -0.2) is 0 Å². The van der Waals surface area contributed by atoms with Gasteiger partial charge in [0, 0.05) is 31.4 Å². The largest absolute Gasteiger partial charge is 0.340 e. The van der Waals surface area contributed by atoms with Crippen molar-refractivity contribution in [1.82, 2.24) is 4.90 Å². The first-order chi connectivity index (χ1) is 11.0. The summed E-state index contributed by atoms with van der Waals surface area (Å²) >= 11 is 0. The molecule has 2 N–H and O–H groups in total. The van der Waals surface area contributed by atoms with E-state index in [1.54, 1.807) is 9.80 Å². The van der Waals surface area contributed by atoms with Gasteiger partial charge in [-0.3, -0.25) is 9.59 Å². The van der Waals surface area contributed by atoms with Gasteiger partial charge in [0.05, 0.1) is 0 Å². The summed E-state index contributed by atoms with van der Waals surface area (Å²) in [4.78, 5) is 29.0. The van der Waals surface area contributed by atoms with Crippen LogP contribution in [-0.2, 0) is 9.59 Å². The first-order valence-electron chi connectivity index (χ1n) is 8.40. The Kier molecular flexibility index (Phi) is 4.39. The van der Waals surface area contributed by atoms with Crippen molar-refractivity contribution in [2.75, 3.05) is 24.5 Å². The van der Waals surface area contributed by atoms with Gasteiger partial charge in [-0.1, -0.05) is 6.07 Å². The van der Waals surface area contributed by atoms with Crippen molar-refractivity contribution in [3.63, 3.8) is 0 Å². The Morgan fingerprint density at radius 1 is 1.13 bits per heavy atom. The van der Waals surface area contributed by atoms with Crippen LogP contribution in [0.5, 0.6) is 0 Å². The summed E-state index contributed by atoms with van der Waals surface area (Å²) in [5.41, 5.74) is 9.12. The normalized spacial score (nSPS) is 25.1. The molecule has 2 saturated heterocycles. The molecule has 2 unspecified atom stereocenters. The van der Waals surface area contributed by atoms with Crippen molar-refractivity contribution >= 4 is 17.5 Å². The molecule has 0 radical (unpaired) electrons. The van der Waals surface area contributed by atoms with Crippen LogP contribution in [0.3, 0.4) is 0 Å². The molecule has 23 heavy (non-hydrogen) atoms. The molecule has 0 spiro atoms. The lowest BCUT2D eigenvalue weighted by Crippen LogP contribution is -2.49. The third-order valence-corrected chi connectivity index (χ3v) is 4.79. The lowest BCUT2D eigenvalue weighted by atomic mass is 10.0. The minimum Gasteiger partial charge on any atom is -0.340 e. The van der Waals surface area contributed by atoms with E-state index in [1.807, 2.05) is 26.0 Å². The monoisotopic (exact) mass is 315 g/mol. The topological polar surface area (TPSA) is 66.6 Å². The molecule has 2 amide bonds. The van der Waals surface area contributed by atoms with Crippen LogP contribution < -0.4 is 10.6 Å². The van der Waals surface area contributed by atoms with Crippen LogP contribution in [0.25, 0.3) is 0 Å². The number of rotatable bonds is 2. The van der Waals surface area contributed by atoms with E-state index in [2.05, 4.69) is 6.07 Å². The van der Waals surface area contributed by atoms with E-state index in [0.29, 0.717) is 19.5 Å². The first-order valence-corrected chi connectivity index (χ1v) is 8.40. The fraction of sp³-hybridized carbons (Fsp3) is 0.556. The molecule has 0 bridgehead atoms. The third kappa shape index (κ3) is 3.24. The molecule has 2 heterocycles. The molecular weight excluding hydrogens is 290 g/mol. The summed E-state index contributed by atoms with van der Waals surface area (Å²) in [6.07, 6.45) is 2.47. The van der Waals surface area contributed by atoms with Crippen molar-refractivity contribution in [2.45, 2.75) is 39.2 Å². The molecule has 2 aliphatic rings. The number of aryl methyl sites for hydroxylation is 2. The molecule has 5 nitrogen and oxygen atoms in total. The predicted molar refractivity (Wildman–Crippen MR) is 90.2 cm³/mol. The average molecular weight is 315 g/mol. The molecular formula is C18H25N3O2. The van der Waals surface area contributed by atoms with Crippen molar-refractivity contribution in [2.24, 2.45) is 11.7 Å². The Hall–Kier alpha value is -1.88. The zero-order valence-electron chi connectivity index (χ0n) is 13.9. The molecule has 2 aliphatic heterocycles. The van der Waals surface area contributed by atoms with Crippen molar-refractivity contribution in [3.05, 3.63) is 29.3 Å². The molecule has 1 aromatic rings. The van der Waals surface area contributed by atoms with Gasteiger partial charge in [-0.15, -0.1) is 0 Å². The summed E-state index contributed by atoms with van der Waals surface area (Å²) in [5, 5.41) is 0. The van der Waals surface area contributed by atoms with Crippen molar-refractivity contribution in [1.29, 1.82) is 0 Å². The number of benzene rings is 1. The van der Waals surface area contributed by atoms with E-state index in [1.165, 1.54) is 0 Å². The summed E-state index contributed by atoms with van der Waals surface area (Å²) in [6, 6.07) is 6.14. The highest BCUT2D eigenvalue weighted by atomic mass is 16.2. The number of hydrogen-bond donors (Lipinski definition) is 1. The number of hydrogen-bond acceptors (Lipinski definition) is 3. The molecule has 2 fully saturated rings. The minimum absolute atomic E-state index is 0.0414. The van der Waals surface area contributed by atoms with Gasteiger partial charge in [0.2, 0.25) is 11.8 Å². The molecule has 5 heteroatoms. The number of likely N-dealkylation sites (tertiary alicyclic amines) is 1. The summed E-state index contributed by atoms with van der Waals surface area (Å²) in [5.74, 6) is -0.655. The van der Waals surface area contributed by atoms with E-state index in [9.17, 15) is 9.59 Å². The fourth-order valence-corrected chi connectivity index (χ4v) is 3.70. The van der Waals surface area contributed by atoms with Gasteiger partial charge in [0.15, 0.2) is 0 Å². The molecule has 2 atom stereocenters. The van der Waals surface area contributed by atoms with E-state index in [-0.39, 0.29) is 17.9 Å². The van der Waals surface area contributed by atoms with Gasteiger partial charge in [0.1, 0.15) is 5.92 Å². The van der Waals surface area contributed by atoms with Crippen LogP contribution in [0.1, 0.15) is 30.4 Å². The van der Waals surface area contributed by atoms with E-state index >= 15 is 0 Å². The highest BCUT2D eigenvalue weighted by molar-refractivity contribution is 6.09. The minimum atomic E-state index is -0.541. The van der Waals surface area contributed by atoms with Gasteiger partial charge in [-0.05, 0) is 56.4 Å². The van der Waals surface area contributed by atoms with Gasteiger partial charge < -0.3 is 15.5 Å². The summed E-state index contributed by atoms with van der Waals surface area (Å²) < 4.78 is 0. The molecule has 1 aromatic carbocycles. The van der Waals surface area contributed by atoms with Crippen molar-refractivity contribution in [3.8, 4) is 0 Å². The highest BCUT2D eigenvalue weighted by Gasteiger charge is 2.40. The van der Waals surface area contributed by atoms with Gasteiger partial charge in [-0.2, -0.15) is 0 Å². The van der Waals surface area contributed by atoms with Crippen LogP contribution >= 0.6 is 0 Å². The molecule has 0 aromatic heterocycles. The second-order valence-corrected chi connectivity index (χ2v) is 6.86. The summed E-state index contributed by atoms with van der Waals surface area (Å²) in [7, 11) is 0.